The number of hydrogen-bond donors (Lipinski definition) is 0. The van der Waals surface area contributed by atoms with Gasteiger partial charge in [-0.15, -0.1) is 0 Å². The van der Waals surface area contributed by atoms with Crippen LogP contribution < -0.4 is 0 Å². The predicted octanol–water partition coefficient (Wildman–Crippen LogP) is 3.51. The van der Waals surface area contributed by atoms with Gasteiger partial charge in [0.15, 0.2) is 0 Å². The summed E-state index contributed by atoms with van der Waals surface area (Å²) in [6.45, 7) is 8.77. The Morgan fingerprint density at radius 2 is 1.81 bits per heavy atom. The minimum absolute atomic E-state index is 0.105. The quantitative estimate of drug-likeness (QED) is 0.751. The zero-order valence-corrected chi connectivity index (χ0v) is 13.5. The summed E-state index contributed by atoms with van der Waals surface area (Å²) in [5, 5.41) is 0. The summed E-state index contributed by atoms with van der Waals surface area (Å²) in [7, 11) is 0. The number of hydrogen-bond acceptors (Lipinski definition) is 3. The van der Waals surface area contributed by atoms with Gasteiger partial charge in [-0.05, 0) is 57.3 Å². The first kappa shape index (κ1) is 16.0. The number of carbonyl (C=O) groups excluding carboxylic acids is 1. The van der Waals surface area contributed by atoms with E-state index >= 15 is 0 Å². The average Bonchev–Trinajstić information content (AvgIpc) is 3.02. The van der Waals surface area contributed by atoms with Crippen LogP contribution in [-0.2, 0) is 21.5 Å². The Bertz CT molecular complexity index is 463. The summed E-state index contributed by atoms with van der Waals surface area (Å²) < 4.78 is 5.20. The number of nitrogens with zero attached hydrogens (tertiary/aromatic N) is 1. The number of esters is 1. The van der Waals surface area contributed by atoms with Gasteiger partial charge in [-0.1, -0.05) is 31.2 Å². The summed E-state index contributed by atoms with van der Waals surface area (Å²) in [6.07, 6.45) is 3.89. The minimum Gasteiger partial charge on any atom is -0.466 e. The van der Waals surface area contributed by atoms with Gasteiger partial charge >= 0.3 is 5.97 Å². The second-order valence-electron chi connectivity index (χ2n) is 6.00. The third-order valence-corrected chi connectivity index (χ3v) is 4.58. The van der Waals surface area contributed by atoms with Gasteiger partial charge in [0, 0.05) is 0 Å². The average molecular weight is 289 g/mol. The molecule has 3 heteroatoms. The van der Waals surface area contributed by atoms with Gasteiger partial charge in [0.1, 0.15) is 0 Å². The van der Waals surface area contributed by atoms with Gasteiger partial charge in [0.2, 0.25) is 0 Å². The van der Waals surface area contributed by atoms with Crippen molar-refractivity contribution in [2.45, 2.75) is 52.0 Å². The third kappa shape index (κ3) is 3.65. The van der Waals surface area contributed by atoms with Gasteiger partial charge in [0.25, 0.3) is 0 Å². The van der Waals surface area contributed by atoms with E-state index in [1.54, 1.807) is 0 Å². The van der Waals surface area contributed by atoms with E-state index in [1.165, 1.54) is 24.0 Å². The lowest BCUT2D eigenvalue weighted by Gasteiger charge is -2.38. The Morgan fingerprint density at radius 1 is 1.19 bits per heavy atom. The van der Waals surface area contributed by atoms with Crippen LogP contribution >= 0.6 is 0 Å². The van der Waals surface area contributed by atoms with Crippen molar-refractivity contribution >= 4 is 5.97 Å². The van der Waals surface area contributed by atoms with E-state index in [9.17, 15) is 4.79 Å². The van der Waals surface area contributed by atoms with E-state index < -0.39 is 0 Å². The maximum atomic E-state index is 12.1. The molecule has 21 heavy (non-hydrogen) atoms. The lowest BCUT2D eigenvalue weighted by Crippen LogP contribution is -2.44. The fourth-order valence-electron chi connectivity index (χ4n) is 3.20. The van der Waals surface area contributed by atoms with Gasteiger partial charge in [-0.2, -0.15) is 0 Å². The van der Waals surface area contributed by atoms with Gasteiger partial charge in [0.05, 0.1) is 18.6 Å². The van der Waals surface area contributed by atoms with Crippen molar-refractivity contribution in [3.05, 3.63) is 35.4 Å². The molecule has 0 radical (unpaired) electrons. The minimum atomic E-state index is -0.255. The van der Waals surface area contributed by atoms with E-state index in [1.807, 2.05) is 6.92 Å². The summed E-state index contributed by atoms with van der Waals surface area (Å²) in [5.74, 6) is -0.105. The Labute approximate surface area is 128 Å². The lowest BCUT2D eigenvalue weighted by atomic mass is 9.86. The van der Waals surface area contributed by atoms with Crippen LogP contribution in [0.15, 0.2) is 24.3 Å². The highest BCUT2D eigenvalue weighted by molar-refractivity contribution is 5.71. The largest absolute Gasteiger partial charge is 0.466 e. The molecule has 1 aliphatic rings. The van der Waals surface area contributed by atoms with Crippen molar-refractivity contribution in [2.75, 3.05) is 19.7 Å². The lowest BCUT2D eigenvalue weighted by molar-refractivity contribution is -0.146. The molecule has 0 aromatic heterocycles. The number of likely N-dealkylation sites (tertiary alicyclic amines) is 1. The predicted molar refractivity (Wildman–Crippen MR) is 85.2 cm³/mol. The van der Waals surface area contributed by atoms with E-state index in [0.717, 1.165) is 19.5 Å². The summed E-state index contributed by atoms with van der Waals surface area (Å²) in [5.41, 5.74) is 2.29. The molecule has 0 aliphatic carbocycles. The van der Waals surface area contributed by atoms with Crippen molar-refractivity contribution in [2.24, 2.45) is 0 Å². The van der Waals surface area contributed by atoms with Crippen molar-refractivity contribution in [3.63, 3.8) is 0 Å². The monoisotopic (exact) mass is 289 g/mol. The first-order valence-corrected chi connectivity index (χ1v) is 8.10. The normalized spacial score (nSPS) is 18.4. The number of aryl methyl sites for hydroxylation is 1. The topological polar surface area (TPSA) is 29.5 Å². The van der Waals surface area contributed by atoms with Gasteiger partial charge < -0.3 is 4.74 Å². The number of rotatable bonds is 6. The van der Waals surface area contributed by atoms with E-state index in [2.05, 4.69) is 43.0 Å². The van der Waals surface area contributed by atoms with Crippen LogP contribution in [-0.4, -0.2) is 30.6 Å². The number of ether oxygens (including phenoxy) is 1. The molecule has 1 saturated heterocycles. The Kier molecular flexibility index (Phi) is 5.40. The zero-order valence-electron chi connectivity index (χ0n) is 13.5. The molecule has 1 aliphatic heterocycles. The molecule has 1 heterocycles. The van der Waals surface area contributed by atoms with Crippen LogP contribution in [0, 0.1) is 0 Å². The van der Waals surface area contributed by atoms with Gasteiger partial charge in [-0.25, -0.2) is 0 Å². The van der Waals surface area contributed by atoms with E-state index in [0.29, 0.717) is 13.0 Å². The van der Waals surface area contributed by atoms with E-state index in [-0.39, 0.29) is 11.5 Å². The molecule has 1 aromatic rings. The molecule has 1 fully saturated rings. The van der Waals surface area contributed by atoms with Crippen LogP contribution in [0.1, 0.15) is 51.2 Å². The summed E-state index contributed by atoms with van der Waals surface area (Å²) in [6, 6.07) is 8.70. The van der Waals surface area contributed by atoms with Crippen molar-refractivity contribution in [1.29, 1.82) is 0 Å². The molecule has 1 aromatic carbocycles. The van der Waals surface area contributed by atoms with Crippen LogP contribution in [0.4, 0.5) is 0 Å². The zero-order chi connectivity index (χ0) is 15.3. The van der Waals surface area contributed by atoms with Crippen molar-refractivity contribution in [3.8, 4) is 0 Å². The molecule has 0 saturated carbocycles. The number of carbonyl (C=O) groups is 1. The van der Waals surface area contributed by atoms with Gasteiger partial charge in [-0.3, -0.25) is 9.69 Å². The number of benzene rings is 1. The van der Waals surface area contributed by atoms with Crippen LogP contribution in [0.3, 0.4) is 0 Å². The highest BCUT2D eigenvalue weighted by Gasteiger charge is 2.37. The maximum absolute atomic E-state index is 12.1. The standard InChI is InChI=1S/C18H27NO2/c1-4-15-8-10-16(11-9-15)18(3,14-17(20)21-5-2)19-12-6-7-13-19/h8-11H,4-7,12-14H2,1-3H3. The SMILES string of the molecule is CCOC(=O)CC(C)(c1ccc(CC)cc1)N1CCCC1. The molecule has 116 valence electrons. The van der Waals surface area contributed by atoms with Crippen LogP contribution in [0.25, 0.3) is 0 Å². The molecule has 0 bridgehead atoms. The summed E-state index contributed by atoms with van der Waals surface area (Å²) in [4.78, 5) is 14.5. The summed E-state index contributed by atoms with van der Waals surface area (Å²) >= 11 is 0. The maximum Gasteiger partial charge on any atom is 0.307 e. The first-order valence-electron chi connectivity index (χ1n) is 8.10. The molecular formula is C18H27NO2. The molecule has 0 spiro atoms. The second kappa shape index (κ2) is 7.08. The molecule has 2 rings (SSSR count). The molecular weight excluding hydrogens is 262 g/mol. The third-order valence-electron chi connectivity index (χ3n) is 4.58. The first-order chi connectivity index (χ1) is 10.1. The second-order valence-corrected chi connectivity index (χ2v) is 6.00. The van der Waals surface area contributed by atoms with Crippen molar-refractivity contribution < 1.29 is 9.53 Å². The fraction of sp³-hybridized carbons (Fsp3) is 0.611. The highest BCUT2D eigenvalue weighted by atomic mass is 16.5. The smallest absolute Gasteiger partial charge is 0.307 e. The van der Waals surface area contributed by atoms with Crippen molar-refractivity contribution in [1.82, 2.24) is 4.90 Å². The Hall–Kier alpha value is -1.35. The molecule has 0 amide bonds. The van der Waals surface area contributed by atoms with Crippen LogP contribution in [0.5, 0.6) is 0 Å². The highest BCUT2D eigenvalue weighted by Crippen LogP contribution is 2.35. The Balaban J connectivity index is 2.26. The van der Waals surface area contributed by atoms with Crippen LogP contribution in [0.2, 0.25) is 0 Å². The van der Waals surface area contributed by atoms with E-state index in [4.69, 9.17) is 4.74 Å². The molecule has 3 nitrogen and oxygen atoms in total. The Morgan fingerprint density at radius 3 is 2.33 bits per heavy atom. The molecule has 1 unspecified atom stereocenters. The fourth-order valence-corrected chi connectivity index (χ4v) is 3.20. The molecule has 1 atom stereocenters. The molecule has 0 N–H and O–H groups in total.